The lowest BCUT2D eigenvalue weighted by atomic mass is 10.1. The van der Waals surface area contributed by atoms with Crippen molar-refractivity contribution in [1.82, 2.24) is 14.7 Å². The Labute approximate surface area is 165 Å². The molecular weight excluding hydrogens is 362 g/mol. The molecule has 0 spiro atoms. The number of benzene rings is 1. The van der Waals surface area contributed by atoms with Crippen molar-refractivity contribution in [3.63, 3.8) is 0 Å². The van der Waals surface area contributed by atoms with Gasteiger partial charge in [0.15, 0.2) is 0 Å². The standard InChI is InChI=1S/C20H29N3O3S/c1-15-5-6-17-16(13-15)14-23(11-12-27-17)18(24)21-7-9-22(10-8-21)19(25)26-20(2,3)4/h5-6,13H,7-12,14H2,1-4H3. The zero-order chi connectivity index (χ0) is 19.6. The molecule has 6 nitrogen and oxygen atoms in total. The average molecular weight is 392 g/mol. The SMILES string of the molecule is Cc1ccc2c(c1)CN(C(=O)N1CCN(C(=O)OC(C)(C)C)CC1)CCS2. The number of ether oxygens (including phenoxy) is 1. The molecular formula is C20H29N3O3S. The molecule has 1 saturated heterocycles. The molecule has 0 N–H and O–H groups in total. The largest absolute Gasteiger partial charge is 0.444 e. The van der Waals surface area contributed by atoms with E-state index in [1.807, 2.05) is 42.3 Å². The molecule has 0 aromatic heterocycles. The van der Waals surface area contributed by atoms with Crippen LogP contribution in [0.15, 0.2) is 23.1 Å². The number of carbonyl (C=O) groups excluding carboxylic acids is 2. The number of piperazine rings is 1. The molecule has 2 aliphatic rings. The van der Waals surface area contributed by atoms with Crippen molar-refractivity contribution in [3.8, 4) is 0 Å². The van der Waals surface area contributed by atoms with E-state index in [0.717, 1.165) is 12.3 Å². The van der Waals surface area contributed by atoms with E-state index in [0.29, 0.717) is 32.7 Å². The van der Waals surface area contributed by atoms with E-state index in [9.17, 15) is 9.59 Å². The minimum Gasteiger partial charge on any atom is -0.444 e. The number of nitrogens with zero attached hydrogens (tertiary/aromatic N) is 3. The number of rotatable bonds is 0. The van der Waals surface area contributed by atoms with Gasteiger partial charge < -0.3 is 19.4 Å². The first-order valence-electron chi connectivity index (χ1n) is 9.47. The summed E-state index contributed by atoms with van der Waals surface area (Å²) in [5.74, 6) is 0.902. The third-order valence-electron chi connectivity index (χ3n) is 4.67. The highest BCUT2D eigenvalue weighted by Crippen LogP contribution is 2.28. The van der Waals surface area contributed by atoms with E-state index in [2.05, 4.69) is 25.1 Å². The monoisotopic (exact) mass is 391 g/mol. The lowest BCUT2D eigenvalue weighted by molar-refractivity contribution is 0.0157. The second kappa shape index (κ2) is 8.00. The maximum absolute atomic E-state index is 13.0. The van der Waals surface area contributed by atoms with Gasteiger partial charge in [-0.25, -0.2) is 9.59 Å². The molecule has 7 heteroatoms. The van der Waals surface area contributed by atoms with Gasteiger partial charge in [-0.15, -0.1) is 11.8 Å². The van der Waals surface area contributed by atoms with Crippen LogP contribution in [0.25, 0.3) is 0 Å². The predicted octanol–water partition coefficient (Wildman–Crippen LogP) is 3.58. The lowest BCUT2D eigenvalue weighted by Gasteiger charge is -2.37. The first-order chi connectivity index (χ1) is 12.7. The van der Waals surface area contributed by atoms with E-state index in [1.54, 1.807) is 4.90 Å². The summed E-state index contributed by atoms with van der Waals surface area (Å²) in [5.41, 5.74) is 1.94. The van der Waals surface area contributed by atoms with Gasteiger partial charge in [0.25, 0.3) is 0 Å². The van der Waals surface area contributed by atoms with Crippen molar-refractivity contribution < 1.29 is 14.3 Å². The Bertz CT molecular complexity index is 709. The van der Waals surface area contributed by atoms with Crippen LogP contribution >= 0.6 is 11.8 Å². The molecule has 1 fully saturated rings. The van der Waals surface area contributed by atoms with Gasteiger partial charge in [-0.3, -0.25) is 0 Å². The van der Waals surface area contributed by atoms with Crippen LogP contribution in [-0.2, 0) is 11.3 Å². The number of amides is 3. The highest BCUT2D eigenvalue weighted by atomic mass is 32.2. The second-order valence-electron chi connectivity index (χ2n) is 8.12. The molecule has 2 aliphatic heterocycles. The third kappa shape index (κ3) is 5.09. The molecule has 0 aliphatic carbocycles. The summed E-state index contributed by atoms with van der Waals surface area (Å²) in [6.07, 6.45) is -0.301. The Hall–Kier alpha value is -1.89. The minimum absolute atomic E-state index is 0.0637. The van der Waals surface area contributed by atoms with Gasteiger partial charge in [0.05, 0.1) is 0 Å². The van der Waals surface area contributed by atoms with Crippen molar-refractivity contribution in [2.24, 2.45) is 0 Å². The maximum Gasteiger partial charge on any atom is 0.410 e. The highest BCUT2D eigenvalue weighted by Gasteiger charge is 2.30. The fraction of sp³-hybridized carbons (Fsp3) is 0.600. The molecule has 0 atom stereocenters. The number of hydrogen-bond donors (Lipinski definition) is 0. The van der Waals surface area contributed by atoms with E-state index >= 15 is 0 Å². The first kappa shape index (κ1) is 19.9. The summed E-state index contributed by atoms with van der Waals surface area (Å²) < 4.78 is 5.43. The molecule has 3 amide bonds. The summed E-state index contributed by atoms with van der Waals surface area (Å²) in [6.45, 7) is 11.2. The zero-order valence-corrected chi connectivity index (χ0v) is 17.5. The first-order valence-corrected chi connectivity index (χ1v) is 10.5. The number of thioether (sulfide) groups is 1. The van der Waals surface area contributed by atoms with Crippen molar-refractivity contribution >= 4 is 23.9 Å². The van der Waals surface area contributed by atoms with Crippen molar-refractivity contribution in [2.45, 2.75) is 44.7 Å². The van der Waals surface area contributed by atoms with Gasteiger partial charge in [-0.05, 0) is 39.3 Å². The summed E-state index contributed by atoms with van der Waals surface area (Å²) in [6, 6.07) is 6.52. The summed E-state index contributed by atoms with van der Waals surface area (Å²) >= 11 is 1.81. The molecule has 27 heavy (non-hydrogen) atoms. The molecule has 0 saturated carbocycles. The highest BCUT2D eigenvalue weighted by molar-refractivity contribution is 7.99. The molecule has 0 bridgehead atoms. The fourth-order valence-corrected chi connectivity index (χ4v) is 4.30. The summed E-state index contributed by atoms with van der Waals surface area (Å²) in [4.78, 5) is 31.9. The molecule has 2 heterocycles. The van der Waals surface area contributed by atoms with Crippen molar-refractivity contribution in [1.29, 1.82) is 0 Å². The molecule has 1 aromatic carbocycles. The Kier molecular flexibility index (Phi) is 5.89. The van der Waals surface area contributed by atoms with Crippen LogP contribution in [0.1, 0.15) is 31.9 Å². The molecule has 0 radical (unpaired) electrons. The second-order valence-corrected chi connectivity index (χ2v) is 9.25. The van der Waals surface area contributed by atoms with Gasteiger partial charge in [-0.1, -0.05) is 17.7 Å². The topological polar surface area (TPSA) is 53.1 Å². The van der Waals surface area contributed by atoms with Crippen LogP contribution < -0.4 is 0 Å². The molecule has 148 valence electrons. The zero-order valence-electron chi connectivity index (χ0n) is 16.7. The minimum atomic E-state index is -0.501. The van der Waals surface area contributed by atoms with Gasteiger partial charge >= 0.3 is 12.1 Å². The fourth-order valence-electron chi connectivity index (χ4n) is 3.29. The normalized spacial score (nSPS) is 18.0. The van der Waals surface area contributed by atoms with Crippen LogP contribution in [0, 0.1) is 6.92 Å². The number of aryl methyl sites for hydroxylation is 1. The van der Waals surface area contributed by atoms with Crippen molar-refractivity contribution in [3.05, 3.63) is 29.3 Å². The summed E-state index contributed by atoms with van der Waals surface area (Å²) in [7, 11) is 0. The number of fused-ring (bicyclic) bond motifs is 1. The Morgan fingerprint density at radius 3 is 2.33 bits per heavy atom. The van der Waals surface area contributed by atoms with Gasteiger partial charge in [0.2, 0.25) is 0 Å². The molecule has 3 rings (SSSR count). The van der Waals surface area contributed by atoms with Crippen LogP contribution in [0.4, 0.5) is 9.59 Å². The van der Waals surface area contributed by atoms with E-state index < -0.39 is 5.60 Å². The van der Waals surface area contributed by atoms with Crippen LogP contribution in [0.3, 0.4) is 0 Å². The average Bonchev–Trinajstić information content (AvgIpc) is 2.81. The maximum atomic E-state index is 13.0. The van der Waals surface area contributed by atoms with E-state index in [4.69, 9.17) is 4.74 Å². The number of urea groups is 1. The Morgan fingerprint density at radius 2 is 1.67 bits per heavy atom. The Balaban J connectivity index is 1.58. The lowest BCUT2D eigenvalue weighted by Crippen LogP contribution is -2.54. The van der Waals surface area contributed by atoms with Gasteiger partial charge in [0.1, 0.15) is 5.60 Å². The van der Waals surface area contributed by atoms with Gasteiger partial charge in [0, 0.05) is 49.9 Å². The molecule has 1 aromatic rings. The smallest absolute Gasteiger partial charge is 0.410 e. The van der Waals surface area contributed by atoms with Crippen LogP contribution in [-0.4, -0.2) is 70.9 Å². The van der Waals surface area contributed by atoms with E-state index in [1.165, 1.54) is 16.0 Å². The van der Waals surface area contributed by atoms with Gasteiger partial charge in [-0.2, -0.15) is 0 Å². The van der Waals surface area contributed by atoms with Crippen LogP contribution in [0.2, 0.25) is 0 Å². The Morgan fingerprint density at radius 1 is 1.00 bits per heavy atom. The molecule has 0 unspecified atom stereocenters. The van der Waals surface area contributed by atoms with Crippen molar-refractivity contribution in [2.75, 3.05) is 38.5 Å². The quantitative estimate of drug-likeness (QED) is 0.678. The van der Waals surface area contributed by atoms with E-state index in [-0.39, 0.29) is 12.1 Å². The summed E-state index contributed by atoms with van der Waals surface area (Å²) in [5, 5.41) is 0. The number of hydrogen-bond acceptors (Lipinski definition) is 4. The predicted molar refractivity (Wildman–Crippen MR) is 107 cm³/mol. The number of carbonyl (C=O) groups is 2. The third-order valence-corrected chi connectivity index (χ3v) is 5.76. The van der Waals surface area contributed by atoms with Crippen LogP contribution in [0.5, 0.6) is 0 Å².